The number of rotatable bonds is 5. The molecule has 2 N–H and O–H groups in total. The molecule has 1 aliphatic heterocycles. The summed E-state index contributed by atoms with van der Waals surface area (Å²) in [6.07, 6.45) is 0.977. The van der Waals surface area contributed by atoms with Crippen molar-refractivity contribution in [1.82, 2.24) is 4.90 Å². The second kappa shape index (κ2) is 8.10. The van der Waals surface area contributed by atoms with Crippen LogP contribution < -0.4 is 15.2 Å². The summed E-state index contributed by atoms with van der Waals surface area (Å²) in [5.74, 6) is 1.86. The number of nitrogens with zero attached hydrogens (tertiary/aromatic N) is 1. The number of ether oxygens (including phenoxy) is 2. The molecule has 0 radical (unpaired) electrons. The minimum absolute atomic E-state index is 0. The van der Waals surface area contributed by atoms with E-state index in [1.54, 1.807) is 19.2 Å². The summed E-state index contributed by atoms with van der Waals surface area (Å²) in [6, 6.07) is 7.45. The monoisotopic (exact) mass is 314 g/mol. The predicted molar refractivity (Wildman–Crippen MR) is 84.1 cm³/mol. The van der Waals surface area contributed by atoms with Crippen molar-refractivity contribution in [2.75, 3.05) is 26.8 Å². The van der Waals surface area contributed by atoms with Gasteiger partial charge in [0.05, 0.1) is 7.11 Å². The number of methoxy groups -OCH3 is 1. The molecule has 0 saturated carbocycles. The zero-order valence-corrected chi connectivity index (χ0v) is 13.3. The summed E-state index contributed by atoms with van der Waals surface area (Å²) < 4.78 is 10.6. The molecule has 1 saturated heterocycles. The van der Waals surface area contributed by atoms with Gasteiger partial charge in [0.2, 0.25) is 0 Å². The molecule has 1 aliphatic rings. The number of nitrogens with two attached hydrogens (primary N) is 1. The lowest BCUT2D eigenvalue weighted by Gasteiger charge is -2.21. The molecule has 0 aromatic heterocycles. The van der Waals surface area contributed by atoms with Crippen molar-refractivity contribution >= 4 is 18.3 Å². The molecule has 1 aromatic rings. The van der Waals surface area contributed by atoms with Gasteiger partial charge in [-0.1, -0.05) is 0 Å². The van der Waals surface area contributed by atoms with Crippen LogP contribution in [0.2, 0.25) is 0 Å². The SMILES string of the molecule is COc1ccc(OCC(=O)N2CC(CN)CC2C)cc1.Cl. The molecule has 5 nitrogen and oxygen atoms in total. The Labute approximate surface area is 131 Å². The summed E-state index contributed by atoms with van der Waals surface area (Å²) in [4.78, 5) is 14.0. The van der Waals surface area contributed by atoms with Crippen molar-refractivity contribution in [1.29, 1.82) is 0 Å². The maximum atomic E-state index is 12.1. The third-order valence-electron chi connectivity index (χ3n) is 3.74. The molecule has 2 atom stereocenters. The standard InChI is InChI=1S/C15H22N2O3.ClH/c1-11-7-12(8-16)9-17(11)15(18)10-20-14-5-3-13(19-2)4-6-14;/h3-6,11-12H,7-10,16H2,1-2H3;1H. The van der Waals surface area contributed by atoms with Gasteiger partial charge in [-0.15, -0.1) is 12.4 Å². The fourth-order valence-corrected chi connectivity index (χ4v) is 2.56. The van der Waals surface area contributed by atoms with Gasteiger partial charge in [-0.3, -0.25) is 4.79 Å². The van der Waals surface area contributed by atoms with Crippen LogP contribution in [0.4, 0.5) is 0 Å². The average Bonchev–Trinajstić information content (AvgIpc) is 2.86. The van der Waals surface area contributed by atoms with Crippen molar-refractivity contribution < 1.29 is 14.3 Å². The van der Waals surface area contributed by atoms with Crippen LogP contribution in [-0.4, -0.2) is 43.7 Å². The van der Waals surface area contributed by atoms with Gasteiger partial charge in [-0.2, -0.15) is 0 Å². The van der Waals surface area contributed by atoms with E-state index in [4.69, 9.17) is 15.2 Å². The third-order valence-corrected chi connectivity index (χ3v) is 3.74. The van der Waals surface area contributed by atoms with Gasteiger partial charge in [-0.25, -0.2) is 0 Å². The Balaban J connectivity index is 0.00000220. The fourth-order valence-electron chi connectivity index (χ4n) is 2.56. The van der Waals surface area contributed by atoms with Crippen LogP contribution in [0.3, 0.4) is 0 Å². The van der Waals surface area contributed by atoms with E-state index < -0.39 is 0 Å². The van der Waals surface area contributed by atoms with E-state index in [1.165, 1.54) is 0 Å². The molecule has 1 fully saturated rings. The zero-order valence-electron chi connectivity index (χ0n) is 12.5. The summed E-state index contributed by atoms with van der Waals surface area (Å²) in [5.41, 5.74) is 5.67. The Morgan fingerprint density at radius 1 is 1.33 bits per heavy atom. The van der Waals surface area contributed by atoms with Gasteiger partial charge in [0.1, 0.15) is 11.5 Å². The van der Waals surface area contributed by atoms with Crippen LogP contribution in [0.25, 0.3) is 0 Å². The van der Waals surface area contributed by atoms with Crippen molar-refractivity contribution in [2.45, 2.75) is 19.4 Å². The topological polar surface area (TPSA) is 64.8 Å². The number of hydrogen-bond donors (Lipinski definition) is 1. The maximum absolute atomic E-state index is 12.1. The quantitative estimate of drug-likeness (QED) is 0.898. The Hall–Kier alpha value is -1.46. The van der Waals surface area contributed by atoms with E-state index in [2.05, 4.69) is 6.92 Å². The van der Waals surface area contributed by atoms with Crippen LogP contribution in [0.5, 0.6) is 11.5 Å². The second-order valence-corrected chi connectivity index (χ2v) is 5.20. The van der Waals surface area contributed by atoms with E-state index in [-0.39, 0.29) is 31.0 Å². The maximum Gasteiger partial charge on any atom is 0.260 e. The smallest absolute Gasteiger partial charge is 0.260 e. The largest absolute Gasteiger partial charge is 0.497 e. The molecule has 2 unspecified atom stereocenters. The fraction of sp³-hybridized carbons (Fsp3) is 0.533. The Morgan fingerprint density at radius 3 is 2.48 bits per heavy atom. The number of amides is 1. The minimum Gasteiger partial charge on any atom is -0.497 e. The normalized spacial score (nSPS) is 20.8. The number of carbonyl (C=O) groups is 1. The number of carbonyl (C=O) groups excluding carboxylic acids is 1. The molecule has 1 amide bonds. The van der Waals surface area contributed by atoms with E-state index in [0.717, 1.165) is 18.7 Å². The first kappa shape index (κ1) is 17.6. The van der Waals surface area contributed by atoms with Crippen LogP contribution in [0.15, 0.2) is 24.3 Å². The van der Waals surface area contributed by atoms with Crippen LogP contribution >= 0.6 is 12.4 Å². The second-order valence-electron chi connectivity index (χ2n) is 5.20. The number of benzene rings is 1. The Kier molecular flexibility index (Phi) is 6.78. The molecule has 1 aromatic carbocycles. The van der Waals surface area contributed by atoms with Gasteiger partial charge in [0, 0.05) is 12.6 Å². The molecule has 1 heterocycles. The minimum atomic E-state index is 0. The average molecular weight is 315 g/mol. The van der Waals surface area contributed by atoms with E-state index in [9.17, 15) is 4.79 Å². The van der Waals surface area contributed by atoms with Crippen LogP contribution in [0, 0.1) is 5.92 Å². The van der Waals surface area contributed by atoms with Crippen LogP contribution in [-0.2, 0) is 4.79 Å². The molecular formula is C15H23ClN2O3. The number of likely N-dealkylation sites (tertiary alicyclic amines) is 1. The van der Waals surface area contributed by atoms with E-state index in [1.807, 2.05) is 17.0 Å². The summed E-state index contributed by atoms with van der Waals surface area (Å²) in [5, 5.41) is 0. The number of hydrogen-bond acceptors (Lipinski definition) is 4. The highest BCUT2D eigenvalue weighted by molar-refractivity contribution is 5.85. The molecule has 6 heteroatoms. The van der Waals surface area contributed by atoms with Crippen LogP contribution in [0.1, 0.15) is 13.3 Å². The zero-order chi connectivity index (χ0) is 14.5. The Bertz CT molecular complexity index is 453. The third kappa shape index (κ3) is 4.51. The van der Waals surface area contributed by atoms with Crippen molar-refractivity contribution in [3.05, 3.63) is 24.3 Å². The van der Waals surface area contributed by atoms with Gasteiger partial charge >= 0.3 is 0 Å². The first-order chi connectivity index (χ1) is 9.63. The lowest BCUT2D eigenvalue weighted by molar-refractivity contribution is -0.134. The highest BCUT2D eigenvalue weighted by Crippen LogP contribution is 2.22. The lowest BCUT2D eigenvalue weighted by atomic mass is 10.1. The lowest BCUT2D eigenvalue weighted by Crippen LogP contribution is -2.37. The molecular weight excluding hydrogens is 292 g/mol. The summed E-state index contributed by atoms with van der Waals surface area (Å²) >= 11 is 0. The first-order valence-corrected chi connectivity index (χ1v) is 6.90. The van der Waals surface area contributed by atoms with Gasteiger partial charge in [0.15, 0.2) is 6.61 Å². The molecule has 2 rings (SSSR count). The summed E-state index contributed by atoms with van der Waals surface area (Å²) in [7, 11) is 1.61. The molecule has 0 aliphatic carbocycles. The highest BCUT2D eigenvalue weighted by atomic mass is 35.5. The molecule has 0 bridgehead atoms. The highest BCUT2D eigenvalue weighted by Gasteiger charge is 2.31. The van der Waals surface area contributed by atoms with Crippen molar-refractivity contribution in [3.63, 3.8) is 0 Å². The number of halogens is 1. The van der Waals surface area contributed by atoms with Gasteiger partial charge < -0.3 is 20.1 Å². The van der Waals surface area contributed by atoms with E-state index >= 15 is 0 Å². The summed E-state index contributed by atoms with van der Waals surface area (Å²) in [6.45, 7) is 3.49. The molecule has 0 spiro atoms. The van der Waals surface area contributed by atoms with E-state index in [0.29, 0.717) is 18.2 Å². The predicted octanol–water partition coefficient (Wildman–Crippen LogP) is 1.69. The van der Waals surface area contributed by atoms with Crippen molar-refractivity contribution in [3.8, 4) is 11.5 Å². The van der Waals surface area contributed by atoms with Crippen molar-refractivity contribution in [2.24, 2.45) is 11.7 Å². The van der Waals surface area contributed by atoms with Gasteiger partial charge in [-0.05, 0) is 50.1 Å². The van der Waals surface area contributed by atoms with Gasteiger partial charge in [0.25, 0.3) is 5.91 Å². The first-order valence-electron chi connectivity index (χ1n) is 6.90. The molecule has 118 valence electrons. The molecule has 21 heavy (non-hydrogen) atoms. The Morgan fingerprint density at radius 2 is 1.95 bits per heavy atom.